The van der Waals surface area contributed by atoms with Crippen LogP contribution in [0.15, 0.2) is 60.9 Å². The van der Waals surface area contributed by atoms with Gasteiger partial charge in [0.2, 0.25) is 0 Å². The minimum atomic E-state index is -0.531. The summed E-state index contributed by atoms with van der Waals surface area (Å²) < 4.78 is 14.0. The molecule has 0 N–H and O–H groups in total. The molecule has 1 aromatic heterocycles. The van der Waals surface area contributed by atoms with E-state index in [0.29, 0.717) is 24.2 Å². The van der Waals surface area contributed by atoms with Crippen molar-refractivity contribution < 1.29 is 9.18 Å². The van der Waals surface area contributed by atoms with Crippen LogP contribution in [0.4, 0.5) is 10.1 Å². The summed E-state index contributed by atoms with van der Waals surface area (Å²) in [5.41, 5.74) is 4.07. The van der Waals surface area contributed by atoms with Crippen molar-refractivity contribution in [3.05, 3.63) is 83.4 Å². The topological polar surface area (TPSA) is 57.0 Å². The molecule has 1 aliphatic heterocycles. The number of pyridine rings is 1. The van der Waals surface area contributed by atoms with Crippen LogP contribution in [0.3, 0.4) is 0 Å². The maximum Gasteiger partial charge on any atom is 0.261 e. The minimum Gasteiger partial charge on any atom is -0.306 e. The van der Waals surface area contributed by atoms with Crippen molar-refractivity contribution in [3.63, 3.8) is 0 Å². The highest BCUT2D eigenvalue weighted by atomic mass is 19.1. The average Bonchev–Trinajstić information content (AvgIpc) is 3.12. The quantitative estimate of drug-likeness (QED) is 0.708. The lowest BCUT2D eigenvalue weighted by atomic mass is 9.99. The summed E-state index contributed by atoms with van der Waals surface area (Å²) in [6.07, 6.45) is 4.04. The van der Waals surface area contributed by atoms with Gasteiger partial charge >= 0.3 is 0 Å². The summed E-state index contributed by atoms with van der Waals surface area (Å²) in [7, 11) is 0. The predicted molar refractivity (Wildman–Crippen MR) is 96.2 cm³/mol. The van der Waals surface area contributed by atoms with Gasteiger partial charge in [-0.05, 0) is 41.8 Å². The molecular weight excluding hydrogens is 329 g/mol. The van der Waals surface area contributed by atoms with Gasteiger partial charge in [-0.15, -0.1) is 0 Å². The van der Waals surface area contributed by atoms with Crippen LogP contribution in [0.5, 0.6) is 0 Å². The van der Waals surface area contributed by atoms with Gasteiger partial charge < -0.3 is 4.90 Å². The second-order valence-electron chi connectivity index (χ2n) is 6.06. The van der Waals surface area contributed by atoms with Crippen molar-refractivity contribution in [1.29, 1.82) is 5.26 Å². The molecule has 126 valence electrons. The van der Waals surface area contributed by atoms with E-state index in [9.17, 15) is 9.18 Å². The van der Waals surface area contributed by atoms with Gasteiger partial charge in [-0.25, -0.2) is 4.39 Å². The Morgan fingerprint density at radius 2 is 2.00 bits per heavy atom. The maximum atomic E-state index is 14.0. The number of anilines is 1. The second kappa shape index (κ2) is 6.41. The van der Waals surface area contributed by atoms with E-state index in [4.69, 9.17) is 5.26 Å². The van der Waals surface area contributed by atoms with Crippen molar-refractivity contribution in [2.75, 3.05) is 11.4 Å². The number of nitriles is 1. The fraction of sp³-hybridized carbons (Fsp3) is 0.0952. The van der Waals surface area contributed by atoms with E-state index in [-0.39, 0.29) is 11.5 Å². The first-order chi connectivity index (χ1) is 12.7. The number of hydrogen-bond donors (Lipinski definition) is 0. The fourth-order valence-corrected chi connectivity index (χ4v) is 3.31. The highest BCUT2D eigenvalue weighted by Gasteiger charge is 2.29. The first-order valence-corrected chi connectivity index (χ1v) is 8.23. The number of aromatic nitrogens is 1. The van der Waals surface area contributed by atoms with Crippen molar-refractivity contribution >= 4 is 11.6 Å². The number of carbonyl (C=O) groups is 1. The molecule has 5 heteroatoms. The molecule has 0 spiro atoms. The first-order valence-electron chi connectivity index (χ1n) is 8.23. The zero-order chi connectivity index (χ0) is 18.1. The summed E-state index contributed by atoms with van der Waals surface area (Å²) in [4.78, 5) is 18.6. The van der Waals surface area contributed by atoms with Gasteiger partial charge in [-0.1, -0.05) is 24.3 Å². The molecule has 0 fully saturated rings. The Hall–Kier alpha value is -3.52. The Balaban J connectivity index is 1.76. The molecule has 2 heterocycles. The van der Waals surface area contributed by atoms with E-state index in [0.717, 1.165) is 16.7 Å². The molecule has 26 heavy (non-hydrogen) atoms. The first kappa shape index (κ1) is 16.0. The third-order valence-corrected chi connectivity index (χ3v) is 4.56. The fourth-order valence-electron chi connectivity index (χ4n) is 3.31. The number of fused-ring (bicyclic) bond motifs is 1. The van der Waals surface area contributed by atoms with E-state index in [1.54, 1.807) is 41.6 Å². The van der Waals surface area contributed by atoms with Gasteiger partial charge in [0.25, 0.3) is 5.91 Å². The van der Waals surface area contributed by atoms with E-state index in [1.807, 2.05) is 12.1 Å². The highest BCUT2D eigenvalue weighted by Crippen LogP contribution is 2.36. The molecule has 0 saturated carbocycles. The second-order valence-corrected chi connectivity index (χ2v) is 6.06. The van der Waals surface area contributed by atoms with Gasteiger partial charge in [0.1, 0.15) is 5.82 Å². The number of rotatable bonds is 2. The number of nitrogens with zero attached hydrogens (tertiary/aromatic N) is 3. The number of halogens is 1. The van der Waals surface area contributed by atoms with Crippen LogP contribution in [-0.4, -0.2) is 17.4 Å². The smallest absolute Gasteiger partial charge is 0.261 e. The van der Waals surface area contributed by atoms with Crippen molar-refractivity contribution in [3.8, 4) is 17.2 Å². The minimum absolute atomic E-state index is 0.0530. The number of carbonyl (C=O) groups excluding carboxylic acids is 1. The monoisotopic (exact) mass is 343 g/mol. The zero-order valence-electron chi connectivity index (χ0n) is 13.8. The number of benzene rings is 2. The molecule has 1 aliphatic rings. The standard InChI is InChI=1S/C21H14FN3O/c22-19-7-2-1-6-17(19)21(26)25-9-8-16-18(12-24-13-20(16)25)15-5-3-4-14(10-15)11-23/h1-7,10,12-13H,8-9H2. The van der Waals surface area contributed by atoms with Crippen LogP contribution >= 0.6 is 0 Å². The Bertz CT molecular complexity index is 1060. The summed E-state index contributed by atoms with van der Waals surface area (Å²) in [6.45, 7) is 0.471. The van der Waals surface area contributed by atoms with Gasteiger partial charge in [-0.3, -0.25) is 9.78 Å². The van der Waals surface area contributed by atoms with Crippen LogP contribution in [-0.2, 0) is 6.42 Å². The number of amides is 1. The van der Waals surface area contributed by atoms with E-state index >= 15 is 0 Å². The summed E-state index contributed by atoms with van der Waals surface area (Å²) in [6, 6.07) is 15.4. The van der Waals surface area contributed by atoms with Crippen molar-refractivity contribution in [2.45, 2.75) is 6.42 Å². The molecular formula is C21H14FN3O. The van der Waals surface area contributed by atoms with Crippen LogP contribution in [0, 0.1) is 17.1 Å². The summed E-state index contributed by atoms with van der Waals surface area (Å²) >= 11 is 0. The van der Waals surface area contributed by atoms with Crippen LogP contribution in [0.2, 0.25) is 0 Å². The van der Waals surface area contributed by atoms with Crippen LogP contribution in [0.25, 0.3) is 11.1 Å². The Morgan fingerprint density at radius 1 is 1.15 bits per heavy atom. The molecule has 0 saturated heterocycles. The summed E-state index contributed by atoms with van der Waals surface area (Å²) in [5.74, 6) is -0.900. The van der Waals surface area contributed by atoms with Gasteiger partial charge in [0, 0.05) is 18.3 Å². The Morgan fingerprint density at radius 3 is 2.81 bits per heavy atom. The third-order valence-electron chi connectivity index (χ3n) is 4.56. The third kappa shape index (κ3) is 2.62. The molecule has 0 aliphatic carbocycles. The molecule has 1 amide bonds. The molecule has 4 rings (SSSR count). The lowest BCUT2D eigenvalue weighted by Crippen LogP contribution is -2.29. The molecule has 0 atom stereocenters. The molecule has 4 nitrogen and oxygen atoms in total. The van der Waals surface area contributed by atoms with Gasteiger partial charge in [-0.2, -0.15) is 5.26 Å². The van der Waals surface area contributed by atoms with Crippen LogP contribution in [0.1, 0.15) is 21.5 Å². The number of hydrogen-bond acceptors (Lipinski definition) is 3. The van der Waals surface area contributed by atoms with E-state index in [2.05, 4.69) is 11.1 Å². The largest absolute Gasteiger partial charge is 0.306 e. The van der Waals surface area contributed by atoms with Crippen LogP contribution < -0.4 is 4.90 Å². The predicted octanol–water partition coefficient (Wildman–Crippen LogP) is 3.96. The molecule has 0 unspecified atom stereocenters. The summed E-state index contributed by atoms with van der Waals surface area (Å²) in [5, 5.41) is 9.12. The molecule has 2 aromatic carbocycles. The Kier molecular flexibility index (Phi) is 3.94. The SMILES string of the molecule is N#Cc1cccc(-c2cncc3c2CCN3C(=O)c2ccccc2F)c1. The lowest BCUT2D eigenvalue weighted by molar-refractivity contribution is 0.0985. The highest BCUT2D eigenvalue weighted by molar-refractivity contribution is 6.07. The molecule has 0 radical (unpaired) electrons. The van der Waals surface area contributed by atoms with Gasteiger partial charge in [0.05, 0.1) is 29.1 Å². The normalized spacial score (nSPS) is 12.5. The van der Waals surface area contributed by atoms with Gasteiger partial charge in [0.15, 0.2) is 0 Å². The van der Waals surface area contributed by atoms with E-state index in [1.165, 1.54) is 12.1 Å². The van der Waals surface area contributed by atoms with Crippen molar-refractivity contribution in [1.82, 2.24) is 4.98 Å². The average molecular weight is 343 g/mol. The van der Waals surface area contributed by atoms with Crippen molar-refractivity contribution in [2.24, 2.45) is 0 Å². The molecule has 0 bridgehead atoms. The maximum absolute atomic E-state index is 14.0. The lowest BCUT2D eigenvalue weighted by Gasteiger charge is -2.18. The zero-order valence-corrected chi connectivity index (χ0v) is 13.8. The Labute approximate surface area is 150 Å². The van der Waals surface area contributed by atoms with E-state index < -0.39 is 5.82 Å². The molecule has 3 aromatic rings.